The molecule has 0 aromatic carbocycles. The highest BCUT2D eigenvalue weighted by molar-refractivity contribution is 5.85. The van der Waals surface area contributed by atoms with Crippen LogP contribution >= 0.6 is 12.4 Å². The van der Waals surface area contributed by atoms with E-state index in [1.807, 2.05) is 20.8 Å². The number of nitrogens with zero attached hydrogens (tertiary/aromatic N) is 1. The molecule has 1 fully saturated rings. The van der Waals surface area contributed by atoms with Gasteiger partial charge in [-0.2, -0.15) is 0 Å². The fourth-order valence-corrected chi connectivity index (χ4v) is 1.97. The first kappa shape index (κ1) is 18.0. The predicted octanol–water partition coefficient (Wildman–Crippen LogP) is 2.62. The van der Waals surface area contributed by atoms with E-state index in [4.69, 9.17) is 4.74 Å². The van der Waals surface area contributed by atoms with Crippen LogP contribution in [0.4, 0.5) is 4.79 Å². The molecule has 112 valence electrons. The van der Waals surface area contributed by atoms with Gasteiger partial charge in [-0.25, -0.2) is 4.79 Å². The summed E-state index contributed by atoms with van der Waals surface area (Å²) >= 11 is 0. The van der Waals surface area contributed by atoms with E-state index < -0.39 is 5.60 Å². The van der Waals surface area contributed by atoms with Crippen molar-refractivity contribution in [1.29, 1.82) is 0 Å². The number of carbonyl (C=O) groups is 2. The molecule has 1 amide bonds. The van der Waals surface area contributed by atoms with Crippen molar-refractivity contribution in [3.8, 4) is 0 Å². The van der Waals surface area contributed by atoms with Crippen molar-refractivity contribution in [2.75, 3.05) is 20.2 Å². The van der Waals surface area contributed by atoms with Crippen LogP contribution in [0.15, 0.2) is 0 Å². The maximum Gasteiger partial charge on any atom is 0.410 e. The van der Waals surface area contributed by atoms with Gasteiger partial charge in [-0.1, -0.05) is 0 Å². The standard InChI is InChI=1S/C13H23NO4.ClH/c1-13(2,3)18-12(16)14-7-5-10(6-8-14)9-11(15)17-4;/h10H,5-9H2,1-4H3;1H. The number of rotatable bonds is 2. The number of carbonyl (C=O) groups excluding carboxylic acids is 2. The van der Waals surface area contributed by atoms with Crippen LogP contribution in [0, 0.1) is 5.92 Å². The zero-order chi connectivity index (χ0) is 13.8. The van der Waals surface area contributed by atoms with E-state index >= 15 is 0 Å². The Bertz CT molecular complexity index is 306. The van der Waals surface area contributed by atoms with Gasteiger partial charge in [-0.05, 0) is 39.5 Å². The molecule has 0 aromatic heterocycles. The van der Waals surface area contributed by atoms with Gasteiger partial charge in [-0.3, -0.25) is 4.79 Å². The van der Waals surface area contributed by atoms with E-state index in [0.717, 1.165) is 12.8 Å². The third-order valence-corrected chi connectivity index (χ3v) is 2.95. The third kappa shape index (κ3) is 6.66. The molecule has 0 aliphatic carbocycles. The number of hydrogen-bond donors (Lipinski definition) is 0. The summed E-state index contributed by atoms with van der Waals surface area (Å²) in [4.78, 5) is 24.7. The highest BCUT2D eigenvalue weighted by atomic mass is 35.5. The van der Waals surface area contributed by atoms with Crippen molar-refractivity contribution in [1.82, 2.24) is 4.90 Å². The quantitative estimate of drug-likeness (QED) is 0.734. The molecule has 0 aromatic rings. The summed E-state index contributed by atoms with van der Waals surface area (Å²) in [6.45, 7) is 6.87. The van der Waals surface area contributed by atoms with Crippen LogP contribution < -0.4 is 0 Å². The van der Waals surface area contributed by atoms with Crippen molar-refractivity contribution in [3.63, 3.8) is 0 Å². The molecule has 1 rings (SSSR count). The zero-order valence-electron chi connectivity index (χ0n) is 12.1. The molecule has 1 saturated heterocycles. The van der Waals surface area contributed by atoms with Gasteiger partial charge in [0.15, 0.2) is 0 Å². The van der Waals surface area contributed by atoms with Crippen molar-refractivity contribution < 1.29 is 19.1 Å². The van der Waals surface area contributed by atoms with Crippen molar-refractivity contribution >= 4 is 24.5 Å². The smallest absolute Gasteiger partial charge is 0.410 e. The largest absolute Gasteiger partial charge is 0.469 e. The average Bonchev–Trinajstić information content (AvgIpc) is 2.27. The highest BCUT2D eigenvalue weighted by Gasteiger charge is 2.27. The highest BCUT2D eigenvalue weighted by Crippen LogP contribution is 2.22. The minimum atomic E-state index is -0.458. The number of ether oxygens (including phenoxy) is 2. The molecular weight excluding hydrogens is 270 g/mol. The molecule has 19 heavy (non-hydrogen) atoms. The number of esters is 1. The number of likely N-dealkylation sites (tertiary alicyclic amines) is 1. The molecule has 0 N–H and O–H groups in total. The summed E-state index contributed by atoms with van der Waals surface area (Å²) in [5.41, 5.74) is -0.458. The van der Waals surface area contributed by atoms with E-state index in [0.29, 0.717) is 25.4 Å². The van der Waals surface area contributed by atoms with Crippen LogP contribution in [0.3, 0.4) is 0 Å². The van der Waals surface area contributed by atoms with Crippen molar-refractivity contribution in [2.45, 2.75) is 45.6 Å². The van der Waals surface area contributed by atoms with Gasteiger partial charge in [0.25, 0.3) is 0 Å². The van der Waals surface area contributed by atoms with Crippen LogP contribution in [-0.2, 0) is 14.3 Å². The minimum absolute atomic E-state index is 0. The summed E-state index contributed by atoms with van der Waals surface area (Å²) in [7, 11) is 1.40. The van der Waals surface area contributed by atoms with E-state index in [9.17, 15) is 9.59 Å². The molecule has 0 saturated carbocycles. The monoisotopic (exact) mass is 293 g/mol. The lowest BCUT2D eigenvalue weighted by molar-refractivity contribution is -0.142. The summed E-state index contributed by atoms with van der Waals surface area (Å²) in [6.07, 6.45) is 1.83. The molecule has 6 heteroatoms. The Morgan fingerprint density at radius 1 is 1.21 bits per heavy atom. The fourth-order valence-electron chi connectivity index (χ4n) is 1.97. The topological polar surface area (TPSA) is 55.8 Å². The lowest BCUT2D eigenvalue weighted by Crippen LogP contribution is -2.42. The SMILES string of the molecule is COC(=O)CC1CCN(C(=O)OC(C)(C)C)CC1.Cl. The molecule has 1 aliphatic heterocycles. The van der Waals surface area contributed by atoms with Crippen LogP contribution in [-0.4, -0.2) is 42.8 Å². The van der Waals surface area contributed by atoms with Crippen LogP contribution in [0.25, 0.3) is 0 Å². The summed E-state index contributed by atoms with van der Waals surface area (Å²) in [5, 5.41) is 0. The first-order valence-electron chi connectivity index (χ1n) is 6.36. The average molecular weight is 294 g/mol. The molecule has 1 aliphatic rings. The third-order valence-electron chi connectivity index (χ3n) is 2.95. The maximum absolute atomic E-state index is 11.8. The summed E-state index contributed by atoms with van der Waals surface area (Å²) in [6, 6.07) is 0. The second-order valence-electron chi connectivity index (χ2n) is 5.69. The minimum Gasteiger partial charge on any atom is -0.469 e. The second-order valence-corrected chi connectivity index (χ2v) is 5.69. The number of piperidine rings is 1. The molecule has 0 unspecified atom stereocenters. The van der Waals surface area contributed by atoms with Crippen molar-refractivity contribution in [3.05, 3.63) is 0 Å². The van der Waals surface area contributed by atoms with E-state index in [1.165, 1.54) is 7.11 Å². The first-order valence-corrected chi connectivity index (χ1v) is 6.36. The van der Waals surface area contributed by atoms with E-state index in [2.05, 4.69) is 4.74 Å². The van der Waals surface area contributed by atoms with Gasteiger partial charge in [0.05, 0.1) is 7.11 Å². The van der Waals surface area contributed by atoms with Crippen molar-refractivity contribution in [2.24, 2.45) is 5.92 Å². The van der Waals surface area contributed by atoms with Gasteiger partial charge in [0.1, 0.15) is 5.60 Å². The van der Waals surface area contributed by atoms with E-state index in [-0.39, 0.29) is 24.5 Å². The van der Waals surface area contributed by atoms with E-state index in [1.54, 1.807) is 4.90 Å². The molecule has 0 radical (unpaired) electrons. The molecule has 5 nitrogen and oxygen atoms in total. The van der Waals surface area contributed by atoms with Gasteiger partial charge >= 0.3 is 12.1 Å². The Balaban J connectivity index is 0.00000324. The van der Waals surface area contributed by atoms with Gasteiger partial charge in [0.2, 0.25) is 0 Å². The molecular formula is C13H24ClNO4. The van der Waals surface area contributed by atoms with Gasteiger partial charge in [-0.15, -0.1) is 12.4 Å². The van der Waals surface area contributed by atoms with Crippen LogP contribution in [0.5, 0.6) is 0 Å². The van der Waals surface area contributed by atoms with Gasteiger partial charge in [0, 0.05) is 19.5 Å². The van der Waals surface area contributed by atoms with Gasteiger partial charge < -0.3 is 14.4 Å². The Labute approximate surface area is 121 Å². The molecule has 0 spiro atoms. The molecule has 1 heterocycles. The number of methoxy groups -OCH3 is 1. The molecule has 0 bridgehead atoms. The zero-order valence-corrected chi connectivity index (χ0v) is 12.9. The normalized spacial score (nSPS) is 16.5. The Hall–Kier alpha value is -0.970. The Morgan fingerprint density at radius 2 is 1.74 bits per heavy atom. The second kappa shape index (κ2) is 7.58. The van der Waals surface area contributed by atoms with Crippen LogP contribution in [0.2, 0.25) is 0 Å². The number of hydrogen-bond acceptors (Lipinski definition) is 4. The summed E-state index contributed by atoms with van der Waals surface area (Å²) in [5.74, 6) is 0.141. The Morgan fingerprint density at radius 3 is 2.16 bits per heavy atom. The molecule has 0 atom stereocenters. The summed E-state index contributed by atoms with van der Waals surface area (Å²) < 4.78 is 9.96. The Kier molecular flexibility index (Phi) is 7.19. The first-order chi connectivity index (χ1) is 8.31. The lowest BCUT2D eigenvalue weighted by atomic mass is 9.94. The maximum atomic E-state index is 11.8. The number of halogens is 1. The fraction of sp³-hybridized carbons (Fsp3) is 0.846. The number of amides is 1. The van der Waals surface area contributed by atoms with Crippen LogP contribution in [0.1, 0.15) is 40.0 Å². The lowest BCUT2D eigenvalue weighted by Gasteiger charge is -2.33. The predicted molar refractivity (Wildman–Crippen MR) is 74.4 cm³/mol.